The molecule has 0 N–H and O–H groups in total. The molecule has 0 fully saturated rings. The maximum atomic E-state index is 12.4. The minimum Gasteiger partial charge on any atom is -0.292 e. The summed E-state index contributed by atoms with van der Waals surface area (Å²) in [5.41, 5.74) is 0.940. The number of rotatable bonds is 1. The zero-order valence-corrected chi connectivity index (χ0v) is 18.0. The summed E-state index contributed by atoms with van der Waals surface area (Å²) in [4.78, 5) is 29.0. The number of amides is 1. The van der Waals surface area contributed by atoms with Crippen molar-refractivity contribution >= 4 is 81.1 Å². The van der Waals surface area contributed by atoms with Gasteiger partial charge < -0.3 is 0 Å². The topological polar surface area (TPSA) is 46.5 Å². The van der Waals surface area contributed by atoms with Crippen molar-refractivity contribution < 1.29 is 9.59 Å². The number of hydrogen-bond acceptors (Lipinski definition) is 2. The average molecular weight is 557 g/mol. The summed E-state index contributed by atoms with van der Waals surface area (Å²) in [5, 5.41) is 0. The van der Waals surface area contributed by atoms with Crippen molar-refractivity contribution in [2.75, 3.05) is 0 Å². The Kier molecular flexibility index (Phi) is 5.32. The summed E-state index contributed by atoms with van der Waals surface area (Å²) >= 11 is 13.7. The molecule has 1 aliphatic rings. The second-order valence-corrected chi connectivity index (χ2v) is 9.85. The standard InChI is InChI=1S/C15H11Br4NO2/c1-14(18)11(9(16)10(17)12(21)15(14,2)19)20-13(22)8-6-4-3-5-7-8/h3-7H,1-2H3. The first-order chi connectivity index (χ1) is 10.1. The van der Waals surface area contributed by atoms with Crippen molar-refractivity contribution in [1.82, 2.24) is 0 Å². The molecule has 116 valence electrons. The molecule has 0 radical (unpaired) electrons. The number of Topliss-reactive ketones (excluding diaryl/α,β-unsaturated/α-hetero) is 1. The quantitative estimate of drug-likeness (QED) is 0.449. The zero-order chi connectivity index (χ0) is 16.7. The van der Waals surface area contributed by atoms with Gasteiger partial charge in [-0.15, -0.1) is 0 Å². The van der Waals surface area contributed by atoms with Gasteiger partial charge in [0, 0.05) is 5.56 Å². The Balaban J connectivity index is 2.60. The summed E-state index contributed by atoms with van der Waals surface area (Å²) in [5.74, 6) is -0.499. The van der Waals surface area contributed by atoms with E-state index in [0.29, 0.717) is 20.2 Å². The summed E-state index contributed by atoms with van der Waals surface area (Å²) in [6.45, 7) is 3.55. The van der Waals surface area contributed by atoms with Gasteiger partial charge in [-0.1, -0.05) is 50.1 Å². The van der Waals surface area contributed by atoms with Crippen LogP contribution in [0.1, 0.15) is 24.2 Å². The van der Waals surface area contributed by atoms with Gasteiger partial charge in [-0.2, -0.15) is 0 Å². The lowest BCUT2D eigenvalue weighted by Crippen LogP contribution is -2.55. The Morgan fingerprint density at radius 1 is 1.00 bits per heavy atom. The first-order valence-electron chi connectivity index (χ1n) is 6.27. The summed E-state index contributed by atoms with van der Waals surface area (Å²) < 4.78 is -0.967. The summed E-state index contributed by atoms with van der Waals surface area (Å²) in [7, 11) is 0. The smallest absolute Gasteiger partial charge is 0.277 e. The van der Waals surface area contributed by atoms with Crippen LogP contribution in [0, 0.1) is 0 Å². The SMILES string of the molecule is CC1(Br)C(=O)C(Br)=C(Br)C(=NC(=O)c2ccccc2)C1(C)Br. The molecule has 2 atom stereocenters. The molecule has 2 rings (SSSR count). The van der Waals surface area contributed by atoms with Gasteiger partial charge in [0.05, 0.1) is 19.0 Å². The molecule has 0 spiro atoms. The van der Waals surface area contributed by atoms with Crippen LogP contribution < -0.4 is 0 Å². The van der Waals surface area contributed by atoms with Crippen LogP contribution in [0.3, 0.4) is 0 Å². The molecule has 22 heavy (non-hydrogen) atoms. The van der Waals surface area contributed by atoms with Gasteiger partial charge in [0.1, 0.15) is 4.32 Å². The van der Waals surface area contributed by atoms with E-state index in [2.05, 4.69) is 68.7 Å². The summed E-state index contributed by atoms with van der Waals surface area (Å²) in [6, 6.07) is 8.79. The number of benzene rings is 1. The van der Waals surface area contributed by atoms with Crippen molar-refractivity contribution in [2.24, 2.45) is 4.99 Å². The molecular weight excluding hydrogens is 546 g/mol. The molecule has 0 saturated carbocycles. The lowest BCUT2D eigenvalue weighted by molar-refractivity contribution is -0.116. The number of alkyl halides is 2. The van der Waals surface area contributed by atoms with Crippen molar-refractivity contribution in [3.63, 3.8) is 0 Å². The predicted molar refractivity (Wildman–Crippen MR) is 103 cm³/mol. The molecular formula is C15H11Br4NO2. The van der Waals surface area contributed by atoms with Gasteiger partial charge in [0.2, 0.25) is 0 Å². The second kappa shape index (κ2) is 6.42. The molecule has 3 nitrogen and oxygen atoms in total. The first kappa shape index (κ1) is 18.2. The third kappa shape index (κ3) is 2.97. The number of halogens is 4. The Bertz CT molecular complexity index is 706. The fraction of sp³-hybridized carbons (Fsp3) is 0.267. The van der Waals surface area contributed by atoms with E-state index in [4.69, 9.17) is 0 Å². The van der Waals surface area contributed by atoms with Gasteiger partial charge >= 0.3 is 0 Å². The van der Waals surface area contributed by atoms with Gasteiger partial charge in [-0.3, -0.25) is 9.59 Å². The number of carbonyl (C=O) groups excluding carboxylic acids is 2. The Morgan fingerprint density at radius 3 is 2.09 bits per heavy atom. The molecule has 0 bridgehead atoms. The van der Waals surface area contributed by atoms with Crippen LogP contribution in [-0.2, 0) is 4.79 Å². The molecule has 0 aromatic heterocycles. The fourth-order valence-corrected chi connectivity index (χ4v) is 4.59. The van der Waals surface area contributed by atoms with Gasteiger partial charge in [-0.05, 0) is 57.8 Å². The van der Waals surface area contributed by atoms with Crippen LogP contribution >= 0.6 is 63.7 Å². The fourth-order valence-electron chi connectivity index (χ4n) is 1.95. The Labute approximate surface area is 162 Å². The molecule has 2 unspecified atom stereocenters. The van der Waals surface area contributed by atoms with E-state index in [0.717, 1.165) is 0 Å². The third-order valence-electron chi connectivity index (χ3n) is 3.59. The van der Waals surface area contributed by atoms with E-state index in [1.165, 1.54) is 0 Å². The monoisotopic (exact) mass is 553 g/mol. The Hall–Kier alpha value is -0.110. The second-order valence-electron chi connectivity index (χ2n) is 5.09. The minimum absolute atomic E-state index is 0.134. The predicted octanol–water partition coefficient (Wildman–Crippen LogP) is 5.16. The van der Waals surface area contributed by atoms with Gasteiger partial charge in [0.25, 0.3) is 5.91 Å². The molecule has 7 heteroatoms. The van der Waals surface area contributed by atoms with Crippen LogP contribution in [0.15, 0.2) is 44.3 Å². The van der Waals surface area contributed by atoms with Crippen LogP contribution in [0.25, 0.3) is 0 Å². The highest BCUT2D eigenvalue weighted by Crippen LogP contribution is 2.49. The van der Waals surface area contributed by atoms with E-state index in [9.17, 15) is 9.59 Å². The molecule has 1 amide bonds. The number of ketones is 1. The van der Waals surface area contributed by atoms with E-state index < -0.39 is 8.65 Å². The van der Waals surface area contributed by atoms with Crippen molar-refractivity contribution in [3.05, 3.63) is 44.9 Å². The van der Waals surface area contributed by atoms with Crippen LogP contribution in [0.2, 0.25) is 0 Å². The summed E-state index contributed by atoms with van der Waals surface area (Å²) in [6.07, 6.45) is 0. The van der Waals surface area contributed by atoms with Crippen LogP contribution in [-0.4, -0.2) is 26.1 Å². The maximum Gasteiger partial charge on any atom is 0.277 e. The lowest BCUT2D eigenvalue weighted by atomic mass is 9.82. The minimum atomic E-state index is -0.939. The normalized spacial score (nSPS) is 30.8. The molecule has 0 saturated heterocycles. The molecule has 0 aliphatic heterocycles. The van der Waals surface area contributed by atoms with E-state index >= 15 is 0 Å². The number of nitrogens with zero attached hydrogens (tertiary/aromatic N) is 1. The average Bonchev–Trinajstić information content (AvgIpc) is 2.49. The van der Waals surface area contributed by atoms with Crippen LogP contribution in [0.4, 0.5) is 0 Å². The van der Waals surface area contributed by atoms with Crippen LogP contribution in [0.5, 0.6) is 0 Å². The number of allylic oxidation sites excluding steroid dienone is 2. The number of aliphatic imine (C=N–C) groups is 1. The van der Waals surface area contributed by atoms with Gasteiger partial charge in [-0.25, -0.2) is 4.99 Å². The zero-order valence-electron chi connectivity index (χ0n) is 11.7. The highest BCUT2D eigenvalue weighted by Gasteiger charge is 2.55. The number of hydrogen-bond donors (Lipinski definition) is 0. The highest BCUT2D eigenvalue weighted by molar-refractivity contribution is 9.15. The van der Waals surface area contributed by atoms with Crippen molar-refractivity contribution in [2.45, 2.75) is 22.5 Å². The van der Waals surface area contributed by atoms with Gasteiger partial charge in [0.15, 0.2) is 5.78 Å². The molecule has 1 aromatic carbocycles. The third-order valence-corrected chi connectivity index (χ3v) is 8.50. The Morgan fingerprint density at radius 2 is 1.55 bits per heavy atom. The maximum absolute atomic E-state index is 12.4. The largest absolute Gasteiger partial charge is 0.292 e. The lowest BCUT2D eigenvalue weighted by Gasteiger charge is -2.41. The molecule has 1 aromatic rings. The van der Waals surface area contributed by atoms with Crippen molar-refractivity contribution in [1.29, 1.82) is 0 Å². The van der Waals surface area contributed by atoms with Crippen molar-refractivity contribution in [3.8, 4) is 0 Å². The number of carbonyl (C=O) groups is 2. The molecule has 1 aliphatic carbocycles. The first-order valence-corrected chi connectivity index (χ1v) is 9.44. The molecule has 0 heterocycles. The van der Waals surface area contributed by atoms with E-state index in [1.807, 2.05) is 6.07 Å². The highest BCUT2D eigenvalue weighted by atomic mass is 79.9. The van der Waals surface area contributed by atoms with E-state index in [1.54, 1.807) is 38.1 Å². The van der Waals surface area contributed by atoms with E-state index in [-0.39, 0.29) is 11.7 Å².